The molecule has 2 nitrogen and oxygen atoms in total. The topological polar surface area (TPSA) is 21.3 Å². The summed E-state index contributed by atoms with van der Waals surface area (Å²) in [4.78, 5) is 0. The second-order valence-electron chi connectivity index (χ2n) is 7.13. The fourth-order valence-electron chi connectivity index (χ4n) is 3.73. The van der Waals surface area contributed by atoms with Gasteiger partial charge in [0.05, 0.1) is 12.2 Å². The number of hydrogen-bond acceptors (Lipinski definition) is 2. The van der Waals surface area contributed by atoms with Gasteiger partial charge in [-0.25, -0.2) is 0 Å². The molecule has 1 N–H and O–H groups in total. The van der Waals surface area contributed by atoms with Crippen molar-refractivity contribution >= 4 is 17.8 Å². The van der Waals surface area contributed by atoms with E-state index in [4.69, 9.17) is 4.74 Å². The van der Waals surface area contributed by atoms with Crippen LogP contribution in [0.3, 0.4) is 0 Å². The van der Waals surface area contributed by atoms with Crippen LogP contribution < -0.4 is 10.1 Å². The van der Waals surface area contributed by atoms with Crippen molar-refractivity contribution in [1.29, 1.82) is 0 Å². The molecular weight excluding hydrogens is 330 g/mol. The van der Waals surface area contributed by atoms with Crippen LogP contribution >= 0.6 is 0 Å². The van der Waals surface area contributed by atoms with Gasteiger partial charge in [-0.1, -0.05) is 72.8 Å². The Hall–Kier alpha value is -3.00. The molecule has 0 aliphatic carbocycles. The molecule has 1 aliphatic rings. The van der Waals surface area contributed by atoms with Crippen molar-refractivity contribution in [2.45, 2.75) is 26.9 Å². The number of benzene rings is 3. The van der Waals surface area contributed by atoms with Crippen molar-refractivity contribution in [2.24, 2.45) is 0 Å². The minimum atomic E-state index is 0.0434. The van der Waals surface area contributed by atoms with Crippen LogP contribution in [0.25, 0.3) is 12.2 Å². The molecule has 3 aromatic rings. The SMILES string of the molecule is Cc1c(C)c2c(c(C)c1/C=C/c1ccccc1)NCC(c1ccccc1)O2. The molecule has 0 fully saturated rings. The van der Waals surface area contributed by atoms with Gasteiger partial charge < -0.3 is 10.1 Å². The van der Waals surface area contributed by atoms with E-state index < -0.39 is 0 Å². The molecule has 3 aromatic carbocycles. The number of fused-ring (bicyclic) bond motifs is 1. The molecule has 0 bridgehead atoms. The summed E-state index contributed by atoms with van der Waals surface area (Å²) in [5, 5.41) is 3.63. The molecule has 136 valence electrons. The maximum Gasteiger partial charge on any atom is 0.146 e. The number of ether oxygens (including phenoxy) is 1. The second-order valence-corrected chi connectivity index (χ2v) is 7.13. The molecule has 0 aromatic heterocycles. The van der Waals surface area contributed by atoms with Crippen LogP contribution in [0.4, 0.5) is 5.69 Å². The zero-order valence-electron chi connectivity index (χ0n) is 16.1. The first-order valence-corrected chi connectivity index (χ1v) is 9.47. The van der Waals surface area contributed by atoms with Crippen LogP contribution in [0.2, 0.25) is 0 Å². The monoisotopic (exact) mass is 355 g/mol. The number of rotatable bonds is 3. The average molecular weight is 355 g/mol. The predicted molar refractivity (Wildman–Crippen MR) is 114 cm³/mol. The number of hydrogen-bond donors (Lipinski definition) is 1. The van der Waals surface area contributed by atoms with Crippen LogP contribution in [-0.4, -0.2) is 6.54 Å². The number of nitrogens with one attached hydrogen (secondary N) is 1. The Morgan fingerprint density at radius 2 is 1.48 bits per heavy atom. The molecule has 0 saturated heterocycles. The van der Waals surface area contributed by atoms with Crippen LogP contribution in [0.15, 0.2) is 60.7 Å². The van der Waals surface area contributed by atoms with E-state index in [1.54, 1.807) is 0 Å². The lowest BCUT2D eigenvalue weighted by atomic mass is 9.93. The molecule has 27 heavy (non-hydrogen) atoms. The van der Waals surface area contributed by atoms with E-state index in [-0.39, 0.29) is 6.10 Å². The van der Waals surface area contributed by atoms with Crippen molar-refractivity contribution in [1.82, 2.24) is 0 Å². The summed E-state index contributed by atoms with van der Waals surface area (Å²) in [6.07, 6.45) is 4.44. The van der Waals surface area contributed by atoms with Crippen LogP contribution in [0.1, 0.15) is 39.5 Å². The van der Waals surface area contributed by atoms with Gasteiger partial charge in [0, 0.05) is 0 Å². The largest absolute Gasteiger partial charge is 0.481 e. The third kappa shape index (κ3) is 3.35. The molecule has 2 heteroatoms. The van der Waals surface area contributed by atoms with Gasteiger partial charge >= 0.3 is 0 Å². The Balaban J connectivity index is 1.70. The highest BCUT2D eigenvalue weighted by molar-refractivity contribution is 5.81. The molecule has 1 unspecified atom stereocenters. The normalized spacial score (nSPS) is 15.9. The average Bonchev–Trinajstić information content (AvgIpc) is 2.73. The Labute approximate surface area is 161 Å². The van der Waals surface area contributed by atoms with Gasteiger partial charge in [0.15, 0.2) is 0 Å². The quantitative estimate of drug-likeness (QED) is 0.554. The summed E-state index contributed by atoms with van der Waals surface area (Å²) in [6.45, 7) is 7.29. The van der Waals surface area contributed by atoms with Gasteiger partial charge in [-0.2, -0.15) is 0 Å². The summed E-state index contributed by atoms with van der Waals surface area (Å²) in [7, 11) is 0. The highest BCUT2D eigenvalue weighted by Gasteiger charge is 2.26. The maximum atomic E-state index is 6.44. The van der Waals surface area contributed by atoms with Gasteiger partial charge in [0.1, 0.15) is 11.9 Å². The summed E-state index contributed by atoms with van der Waals surface area (Å²) >= 11 is 0. The van der Waals surface area contributed by atoms with Crippen molar-refractivity contribution in [2.75, 3.05) is 11.9 Å². The minimum Gasteiger partial charge on any atom is -0.481 e. The summed E-state index contributed by atoms with van der Waals surface area (Å²) in [5.41, 5.74) is 8.53. The first kappa shape index (κ1) is 17.4. The smallest absolute Gasteiger partial charge is 0.146 e. The van der Waals surface area contributed by atoms with Crippen LogP contribution in [-0.2, 0) is 0 Å². The van der Waals surface area contributed by atoms with Crippen LogP contribution in [0, 0.1) is 20.8 Å². The Morgan fingerprint density at radius 1 is 0.815 bits per heavy atom. The first-order valence-electron chi connectivity index (χ1n) is 9.47. The highest BCUT2D eigenvalue weighted by atomic mass is 16.5. The first-order chi connectivity index (χ1) is 13.1. The van der Waals surface area contributed by atoms with Crippen molar-refractivity contribution < 1.29 is 4.74 Å². The fraction of sp³-hybridized carbons (Fsp3) is 0.200. The van der Waals surface area contributed by atoms with E-state index in [0.29, 0.717) is 0 Å². The lowest BCUT2D eigenvalue weighted by molar-refractivity contribution is 0.208. The zero-order valence-corrected chi connectivity index (χ0v) is 16.1. The standard InChI is InChI=1S/C25H25NO/c1-17-18(2)25-24(26-16-23(27-25)21-12-8-5-9-13-21)19(3)22(17)15-14-20-10-6-4-7-11-20/h4-15,23,26H,16H2,1-3H3/b15-14+. The number of anilines is 1. The van der Waals surface area contributed by atoms with Crippen LogP contribution in [0.5, 0.6) is 5.75 Å². The Morgan fingerprint density at radius 3 is 2.19 bits per heavy atom. The molecule has 4 rings (SSSR count). The van der Waals surface area contributed by atoms with Gasteiger partial charge in [-0.05, 0) is 54.2 Å². The maximum absolute atomic E-state index is 6.44. The summed E-state index contributed by atoms with van der Waals surface area (Å²) in [5.74, 6) is 0.988. The van der Waals surface area contributed by atoms with E-state index in [0.717, 1.165) is 18.0 Å². The highest BCUT2D eigenvalue weighted by Crippen LogP contribution is 2.43. The van der Waals surface area contributed by atoms with Gasteiger partial charge in [0.2, 0.25) is 0 Å². The fourth-order valence-corrected chi connectivity index (χ4v) is 3.73. The predicted octanol–water partition coefficient (Wildman–Crippen LogP) is 6.33. The molecular formula is C25H25NO. The molecule has 0 amide bonds. The minimum absolute atomic E-state index is 0.0434. The summed E-state index contributed by atoms with van der Waals surface area (Å²) < 4.78 is 6.44. The van der Waals surface area contributed by atoms with Gasteiger partial charge in [-0.15, -0.1) is 0 Å². The van der Waals surface area contributed by atoms with E-state index in [1.165, 1.54) is 33.4 Å². The Kier molecular flexibility index (Phi) is 4.72. The van der Waals surface area contributed by atoms with E-state index in [1.807, 2.05) is 12.1 Å². The van der Waals surface area contributed by atoms with E-state index in [2.05, 4.69) is 86.8 Å². The van der Waals surface area contributed by atoms with Gasteiger partial charge in [-0.3, -0.25) is 0 Å². The third-order valence-electron chi connectivity index (χ3n) is 5.45. The lowest BCUT2D eigenvalue weighted by Gasteiger charge is -2.31. The van der Waals surface area contributed by atoms with Crippen molar-refractivity contribution in [3.63, 3.8) is 0 Å². The van der Waals surface area contributed by atoms with E-state index >= 15 is 0 Å². The van der Waals surface area contributed by atoms with Crippen molar-refractivity contribution in [3.05, 3.63) is 94.0 Å². The molecule has 1 heterocycles. The zero-order chi connectivity index (χ0) is 18.8. The Bertz CT molecular complexity index is 974. The lowest BCUT2D eigenvalue weighted by Crippen LogP contribution is -2.25. The van der Waals surface area contributed by atoms with E-state index in [9.17, 15) is 0 Å². The molecule has 1 atom stereocenters. The molecule has 0 spiro atoms. The van der Waals surface area contributed by atoms with Gasteiger partial charge in [0.25, 0.3) is 0 Å². The molecule has 1 aliphatic heterocycles. The molecule has 0 radical (unpaired) electrons. The third-order valence-corrected chi connectivity index (χ3v) is 5.45. The molecule has 0 saturated carbocycles. The summed E-state index contributed by atoms with van der Waals surface area (Å²) in [6, 6.07) is 20.8. The second kappa shape index (κ2) is 7.32. The van der Waals surface area contributed by atoms with Crippen molar-refractivity contribution in [3.8, 4) is 5.75 Å².